The molecule has 3 aromatic rings. The van der Waals surface area contributed by atoms with Crippen LogP contribution in [0.25, 0.3) is 11.5 Å². The zero-order chi connectivity index (χ0) is 20.1. The molecular formula is C21H22ClN3O2S. The summed E-state index contributed by atoms with van der Waals surface area (Å²) in [5.41, 5.74) is 2.62. The molecule has 5 nitrogen and oxygen atoms in total. The van der Waals surface area contributed by atoms with Gasteiger partial charge in [-0.05, 0) is 69.3 Å². The van der Waals surface area contributed by atoms with Crippen molar-refractivity contribution in [2.75, 3.05) is 18.0 Å². The van der Waals surface area contributed by atoms with Gasteiger partial charge in [0.05, 0.1) is 5.25 Å². The maximum absolute atomic E-state index is 12.5. The lowest BCUT2D eigenvalue weighted by atomic mass is 10.1. The lowest BCUT2D eigenvalue weighted by molar-refractivity contribution is 0.0993. The molecule has 0 amide bonds. The van der Waals surface area contributed by atoms with E-state index in [9.17, 15) is 4.79 Å². The smallest absolute Gasteiger partial charge is 0.277 e. The van der Waals surface area contributed by atoms with Crippen molar-refractivity contribution in [2.45, 2.75) is 31.2 Å². The maximum atomic E-state index is 12.5. The number of hydrogen-bond acceptors (Lipinski definition) is 6. The first kappa shape index (κ1) is 20.4. The first-order valence-corrected chi connectivity index (χ1v) is 10.4. The highest BCUT2D eigenvalue weighted by atomic mass is 35.5. The molecule has 0 N–H and O–H groups in total. The van der Waals surface area contributed by atoms with Crippen molar-refractivity contribution < 1.29 is 9.21 Å². The summed E-state index contributed by atoms with van der Waals surface area (Å²) in [6.07, 6.45) is 0. The Hall–Kier alpha value is -2.31. The number of benzene rings is 2. The first-order valence-electron chi connectivity index (χ1n) is 9.17. The van der Waals surface area contributed by atoms with E-state index in [1.807, 2.05) is 31.2 Å². The van der Waals surface area contributed by atoms with Crippen molar-refractivity contribution in [3.8, 4) is 11.5 Å². The fourth-order valence-corrected chi connectivity index (χ4v) is 3.72. The van der Waals surface area contributed by atoms with Gasteiger partial charge in [0.2, 0.25) is 5.89 Å². The van der Waals surface area contributed by atoms with Crippen LogP contribution in [0.5, 0.6) is 0 Å². The lowest BCUT2D eigenvalue weighted by Crippen LogP contribution is -2.21. The van der Waals surface area contributed by atoms with Crippen molar-refractivity contribution in [1.82, 2.24) is 10.2 Å². The molecule has 2 aromatic carbocycles. The molecule has 146 valence electrons. The number of nitrogens with zero attached hydrogens (tertiary/aromatic N) is 3. The van der Waals surface area contributed by atoms with Gasteiger partial charge in [-0.25, -0.2) is 0 Å². The third-order valence-corrected chi connectivity index (χ3v) is 5.61. The van der Waals surface area contributed by atoms with Gasteiger partial charge in [-0.3, -0.25) is 4.79 Å². The van der Waals surface area contributed by atoms with Crippen molar-refractivity contribution in [2.24, 2.45) is 0 Å². The van der Waals surface area contributed by atoms with Crippen LogP contribution in [0.1, 0.15) is 31.1 Å². The average molecular weight is 416 g/mol. The number of hydrogen-bond donors (Lipinski definition) is 0. The van der Waals surface area contributed by atoms with Crippen LogP contribution in [0.2, 0.25) is 5.02 Å². The highest BCUT2D eigenvalue weighted by Gasteiger charge is 2.20. The minimum atomic E-state index is -0.348. The average Bonchev–Trinajstić information content (AvgIpc) is 3.18. The summed E-state index contributed by atoms with van der Waals surface area (Å²) < 4.78 is 5.75. The van der Waals surface area contributed by atoms with Crippen LogP contribution in [0.15, 0.2) is 58.2 Å². The third kappa shape index (κ3) is 4.75. The topological polar surface area (TPSA) is 59.2 Å². The van der Waals surface area contributed by atoms with Gasteiger partial charge in [-0.1, -0.05) is 23.4 Å². The predicted molar refractivity (Wildman–Crippen MR) is 114 cm³/mol. The Morgan fingerprint density at radius 1 is 1.07 bits per heavy atom. The fraction of sp³-hybridized carbons (Fsp3) is 0.286. The summed E-state index contributed by atoms with van der Waals surface area (Å²) in [5.74, 6) is 0.435. The van der Waals surface area contributed by atoms with E-state index in [0.717, 1.165) is 24.3 Å². The normalized spacial score (nSPS) is 12.0. The molecule has 0 bridgehead atoms. The Labute approximate surface area is 174 Å². The summed E-state index contributed by atoms with van der Waals surface area (Å²) >= 11 is 7.13. The Kier molecular flexibility index (Phi) is 6.75. The van der Waals surface area contributed by atoms with Crippen LogP contribution >= 0.6 is 23.4 Å². The molecule has 1 atom stereocenters. The number of ketones is 1. The number of Topliss-reactive ketones (excluding diaryl/α,β-unsaturated/α-hetero) is 1. The summed E-state index contributed by atoms with van der Waals surface area (Å²) in [5, 5.41) is 8.82. The molecule has 0 aliphatic carbocycles. The first-order chi connectivity index (χ1) is 13.5. The van der Waals surface area contributed by atoms with E-state index in [-0.39, 0.29) is 11.0 Å². The molecule has 7 heteroatoms. The monoisotopic (exact) mass is 415 g/mol. The summed E-state index contributed by atoms with van der Waals surface area (Å²) in [6, 6.07) is 14.9. The number of aromatic nitrogens is 2. The summed E-state index contributed by atoms with van der Waals surface area (Å²) in [6.45, 7) is 7.99. The van der Waals surface area contributed by atoms with Crippen LogP contribution < -0.4 is 4.90 Å². The van der Waals surface area contributed by atoms with Gasteiger partial charge in [0, 0.05) is 34.9 Å². The van der Waals surface area contributed by atoms with E-state index in [1.165, 1.54) is 11.8 Å². The molecule has 0 radical (unpaired) electrons. The molecule has 1 heterocycles. The Balaban J connectivity index is 1.68. The van der Waals surface area contributed by atoms with E-state index in [4.69, 9.17) is 16.0 Å². The number of anilines is 1. The van der Waals surface area contributed by atoms with Gasteiger partial charge < -0.3 is 9.32 Å². The molecule has 1 unspecified atom stereocenters. The quantitative estimate of drug-likeness (QED) is 0.352. The highest BCUT2D eigenvalue weighted by molar-refractivity contribution is 8.00. The zero-order valence-corrected chi connectivity index (χ0v) is 17.6. The fourth-order valence-electron chi connectivity index (χ4n) is 2.83. The number of halogens is 1. The van der Waals surface area contributed by atoms with Gasteiger partial charge in [0.15, 0.2) is 5.78 Å². The van der Waals surface area contributed by atoms with Gasteiger partial charge in [-0.2, -0.15) is 0 Å². The zero-order valence-electron chi connectivity index (χ0n) is 16.1. The predicted octanol–water partition coefficient (Wildman–Crippen LogP) is 5.60. The van der Waals surface area contributed by atoms with Crippen molar-refractivity contribution in [3.05, 3.63) is 59.1 Å². The largest absolute Gasteiger partial charge is 0.411 e. The van der Waals surface area contributed by atoms with Gasteiger partial charge in [0.25, 0.3) is 5.22 Å². The molecule has 1 aromatic heterocycles. The summed E-state index contributed by atoms with van der Waals surface area (Å²) in [4.78, 5) is 14.8. The number of rotatable bonds is 8. The Morgan fingerprint density at radius 2 is 1.71 bits per heavy atom. The van der Waals surface area contributed by atoms with Crippen LogP contribution in [-0.4, -0.2) is 34.3 Å². The molecule has 0 aliphatic rings. The molecule has 0 fully saturated rings. The number of carbonyl (C=O) groups is 1. The van der Waals surface area contributed by atoms with Gasteiger partial charge >= 0.3 is 0 Å². The minimum Gasteiger partial charge on any atom is -0.411 e. The Bertz CT molecular complexity index is 922. The molecule has 3 rings (SSSR count). The maximum Gasteiger partial charge on any atom is 0.277 e. The second-order valence-corrected chi connectivity index (χ2v) is 7.95. The van der Waals surface area contributed by atoms with Crippen LogP contribution in [0.4, 0.5) is 5.69 Å². The van der Waals surface area contributed by atoms with E-state index < -0.39 is 0 Å². The van der Waals surface area contributed by atoms with Crippen molar-refractivity contribution >= 4 is 34.8 Å². The lowest BCUT2D eigenvalue weighted by Gasteiger charge is -2.20. The summed E-state index contributed by atoms with van der Waals surface area (Å²) in [7, 11) is 0. The van der Waals surface area contributed by atoms with Crippen molar-refractivity contribution in [1.29, 1.82) is 0 Å². The van der Waals surface area contributed by atoms with E-state index >= 15 is 0 Å². The van der Waals surface area contributed by atoms with E-state index in [2.05, 4.69) is 28.9 Å². The standard InChI is InChI=1S/C21H22ClN3O2S/c1-4-25(5-2)18-12-8-16(9-13-18)20-23-24-21(27-20)28-14(3)19(26)15-6-10-17(22)11-7-15/h6-14H,4-5H2,1-3H3. The van der Waals surface area contributed by atoms with Crippen LogP contribution in [0.3, 0.4) is 0 Å². The van der Waals surface area contributed by atoms with Crippen LogP contribution in [0, 0.1) is 0 Å². The minimum absolute atomic E-state index is 0.00927. The molecule has 0 saturated carbocycles. The molecular weight excluding hydrogens is 394 g/mol. The molecule has 0 saturated heterocycles. The Morgan fingerprint density at radius 3 is 2.32 bits per heavy atom. The molecule has 0 spiro atoms. The second kappa shape index (κ2) is 9.26. The van der Waals surface area contributed by atoms with Crippen LogP contribution in [-0.2, 0) is 0 Å². The number of thioether (sulfide) groups is 1. The SMILES string of the molecule is CCN(CC)c1ccc(-c2nnc(SC(C)C(=O)c3ccc(Cl)cc3)o2)cc1. The molecule has 28 heavy (non-hydrogen) atoms. The van der Waals surface area contributed by atoms with Gasteiger partial charge in [-0.15, -0.1) is 10.2 Å². The highest BCUT2D eigenvalue weighted by Crippen LogP contribution is 2.29. The molecule has 0 aliphatic heterocycles. The van der Waals surface area contributed by atoms with Gasteiger partial charge in [0.1, 0.15) is 0 Å². The second-order valence-electron chi connectivity index (χ2n) is 6.22. The van der Waals surface area contributed by atoms with E-state index in [1.54, 1.807) is 24.3 Å². The third-order valence-electron chi connectivity index (χ3n) is 4.42. The number of carbonyl (C=O) groups excluding carboxylic acids is 1. The van der Waals surface area contributed by atoms with Crippen molar-refractivity contribution in [3.63, 3.8) is 0 Å². The van der Waals surface area contributed by atoms with E-state index in [0.29, 0.717) is 21.7 Å².